The number of ether oxygens (including phenoxy) is 1. The fourth-order valence-electron chi connectivity index (χ4n) is 1.42. The molecule has 0 unspecified atom stereocenters. The minimum absolute atomic E-state index is 0.220. The van der Waals surface area contributed by atoms with Crippen LogP contribution in [0.15, 0.2) is 42.7 Å². The molecule has 0 aliphatic heterocycles. The SMILES string of the molecule is FC(F)(F)Oc1cccc(Cn2cccn2)c1. The van der Waals surface area contributed by atoms with Crippen LogP contribution in [0.4, 0.5) is 13.2 Å². The molecule has 1 aromatic carbocycles. The Hall–Kier alpha value is -1.98. The maximum Gasteiger partial charge on any atom is 0.573 e. The Bertz CT molecular complexity index is 480. The lowest BCUT2D eigenvalue weighted by Crippen LogP contribution is -2.17. The van der Waals surface area contributed by atoms with E-state index in [1.54, 1.807) is 29.2 Å². The van der Waals surface area contributed by atoms with Crippen molar-refractivity contribution in [1.82, 2.24) is 9.78 Å². The Kier molecular flexibility index (Phi) is 3.03. The van der Waals surface area contributed by atoms with Gasteiger partial charge in [0.2, 0.25) is 0 Å². The van der Waals surface area contributed by atoms with Gasteiger partial charge in [0, 0.05) is 12.4 Å². The van der Waals surface area contributed by atoms with E-state index in [1.165, 1.54) is 18.2 Å². The Morgan fingerprint density at radius 1 is 1.24 bits per heavy atom. The number of halogens is 3. The fraction of sp³-hybridized carbons (Fsp3) is 0.182. The van der Waals surface area contributed by atoms with Crippen LogP contribution in [0.5, 0.6) is 5.75 Å². The van der Waals surface area contributed by atoms with E-state index in [-0.39, 0.29) is 5.75 Å². The fourth-order valence-corrected chi connectivity index (χ4v) is 1.42. The highest BCUT2D eigenvalue weighted by molar-refractivity contribution is 5.28. The van der Waals surface area contributed by atoms with E-state index in [0.717, 1.165) is 0 Å². The van der Waals surface area contributed by atoms with E-state index in [2.05, 4.69) is 9.84 Å². The minimum atomic E-state index is -4.66. The highest BCUT2D eigenvalue weighted by Gasteiger charge is 2.31. The molecule has 2 aromatic rings. The molecule has 17 heavy (non-hydrogen) atoms. The predicted molar refractivity (Wildman–Crippen MR) is 54.5 cm³/mol. The second-order valence-electron chi connectivity index (χ2n) is 3.40. The number of rotatable bonds is 3. The first-order valence-electron chi connectivity index (χ1n) is 4.85. The molecule has 90 valence electrons. The van der Waals surface area contributed by atoms with E-state index >= 15 is 0 Å². The molecule has 6 heteroatoms. The lowest BCUT2D eigenvalue weighted by molar-refractivity contribution is -0.274. The summed E-state index contributed by atoms with van der Waals surface area (Å²) >= 11 is 0. The summed E-state index contributed by atoms with van der Waals surface area (Å²) in [6.07, 6.45) is -1.32. The molecule has 2 rings (SSSR count). The second kappa shape index (κ2) is 4.48. The first-order chi connectivity index (χ1) is 8.03. The molecule has 0 amide bonds. The first kappa shape index (κ1) is 11.5. The van der Waals surface area contributed by atoms with Gasteiger partial charge in [0.15, 0.2) is 0 Å². The Morgan fingerprint density at radius 3 is 2.71 bits per heavy atom. The van der Waals surface area contributed by atoms with Crippen LogP contribution in [0.3, 0.4) is 0 Å². The molecule has 3 nitrogen and oxygen atoms in total. The molecule has 0 saturated carbocycles. The van der Waals surface area contributed by atoms with Crippen LogP contribution in [0, 0.1) is 0 Å². The summed E-state index contributed by atoms with van der Waals surface area (Å²) in [6, 6.07) is 7.58. The lowest BCUT2D eigenvalue weighted by atomic mass is 10.2. The van der Waals surface area contributed by atoms with Crippen LogP contribution in [0.1, 0.15) is 5.56 Å². The van der Waals surface area contributed by atoms with Gasteiger partial charge in [-0.3, -0.25) is 4.68 Å². The molecular formula is C11H9F3N2O. The van der Waals surface area contributed by atoms with Gasteiger partial charge in [-0.25, -0.2) is 0 Å². The maximum atomic E-state index is 12.0. The van der Waals surface area contributed by atoms with Crippen LogP contribution in [-0.4, -0.2) is 16.1 Å². The smallest absolute Gasteiger partial charge is 0.406 e. The summed E-state index contributed by atoms with van der Waals surface area (Å²) in [6.45, 7) is 0.405. The van der Waals surface area contributed by atoms with Gasteiger partial charge in [-0.2, -0.15) is 5.10 Å². The van der Waals surface area contributed by atoms with Crippen LogP contribution in [-0.2, 0) is 6.54 Å². The largest absolute Gasteiger partial charge is 0.573 e. The van der Waals surface area contributed by atoms with Crippen molar-refractivity contribution in [1.29, 1.82) is 0 Å². The average Bonchev–Trinajstić information content (AvgIpc) is 2.68. The van der Waals surface area contributed by atoms with Gasteiger partial charge in [0.05, 0.1) is 6.54 Å². The molecule has 0 saturated heterocycles. The van der Waals surface area contributed by atoms with Crippen molar-refractivity contribution in [3.63, 3.8) is 0 Å². The molecule has 0 N–H and O–H groups in total. The monoisotopic (exact) mass is 242 g/mol. The number of alkyl halides is 3. The van der Waals surface area contributed by atoms with Crippen molar-refractivity contribution in [2.45, 2.75) is 12.9 Å². The molecule has 0 atom stereocenters. The van der Waals surface area contributed by atoms with Crippen molar-refractivity contribution < 1.29 is 17.9 Å². The van der Waals surface area contributed by atoms with Crippen molar-refractivity contribution in [2.24, 2.45) is 0 Å². The van der Waals surface area contributed by atoms with Crippen molar-refractivity contribution in [3.05, 3.63) is 48.3 Å². The number of nitrogens with zero attached hydrogens (tertiary/aromatic N) is 2. The van der Waals surface area contributed by atoms with Gasteiger partial charge in [-0.15, -0.1) is 13.2 Å². The summed E-state index contributed by atoms with van der Waals surface area (Å²) in [5.41, 5.74) is 0.690. The average molecular weight is 242 g/mol. The number of hydrogen-bond acceptors (Lipinski definition) is 2. The van der Waals surface area contributed by atoms with Crippen LogP contribution < -0.4 is 4.74 Å². The molecule has 0 radical (unpaired) electrons. The van der Waals surface area contributed by atoms with E-state index in [9.17, 15) is 13.2 Å². The predicted octanol–water partition coefficient (Wildman–Crippen LogP) is 2.83. The van der Waals surface area contributed by atoms with E-state index in [4.69, 9.17) is 0 Å². The second-order valence-corrected chi connectivity index (χ2v) is 3.40. The quantitative estimate of drug-likeness (QED) is 0.827. The summed E-state index contributed by atoms with van der Waals surface area (Å²) in [4.78, 5) is 0. The number of aromatic nitrogens is 2. The summed E-state index contributed by atoms with van der Waals surface area (Å²) < 4.78 is 41.5. The molecule has 0 aliphatic rings. The highest BCUT2D eigenvalue weighted by Crippen LogP contribution is 2.23. The third-order valence-electron chi connectivity index (χ3n) is 2.04. The van der Waals surface area contributed by atoms with E-state index in [0.29, 0.717) is 12.1 Å². The third-order valence-corrected chi connectivity index (χ3v) is 2.04. The maximum absolute atomic E-state index is 12.0. The van der Waals surface area contributed by atoms with Crippen LogP contribution >= 0.6 is 0 Å². The Labute approximate surface area is 95.4 Å². The Morgan fingerprint density at radius 2 is 2.06 bits per heavy atom. The third kappa shape index (κ3) is 3.51. The van der Waals surface area contributed by atoms with E-state index in [1.807, 2.05) is 0 Å². The molecule has 0 spiro atoms. The highest BCUT2D eigenvalue weighted by atomic mass is 19.4. The summed E-state index contributed by atoms with van der Waals surface area (Å²) in [5, 5.41) is 3.97. The van der Waals surface area contributed by atoms with Gasteiger partial charge < -0.3 is 4.74 Å². The van der Waals surface area contributed by atoms with E-state index < -0.39 is 6.36 Å². The van der Waals surface area contributed by atoms with Crippen LogP contribution in [0.25, 0.3) is 0 Å². The van der Waals surface area contributed by atoms with Gasteiger partial charge in [-0.1, -0.05) is 12.1 Å². The first-order valence-corrected chi connectivity index (χ1v) is 4.85. The minimum Gasteiger partial charge on any atom is -0.406 e. The summed E-state index contributed by atoms with van der Waals surface area (Å²) in [7, 11) is 0. The molecule has 0 bridgehead atoms. The molecule has 0 fully saturated rings. The zero-order valence-corrected chi connectivity index (χ0v) is 8.69. The standard InChI is InChI=1S/C11H9F3N2O/c12-11(13,14)17-10-4-1-3-9(7-10)8-16-6-2-5-15-16/h1-7H,8H2. The number of hydrogen-bond donors (Lipinski definition) is 0. The molecule has 0 aliphatic carbocycles. The Balaban J connectivity index is 2.12. The van der Waals surface area contributed by atoms with Crippen LogP contribution in [0.2, 0.25) is 0 Å². The van der Waals surface area contributed by atoms with Gasteiger partial charge in [0.1, 0.15) is 5.75 Å². The summed E-state index contributed by atoms with van der Waals surface area (Å²) in [5.74, 6) is -0.220. The number of benzene rings is 1. The van der Waals surface area contributed by atoms with Gasteiger partial charge in [0.25, 0.3) is 0 Å². The zero-order chi connectivity index (χ0) is 12.3. The molecular weight excluding hydrogens is 233 g/mol. The van der Waals surface area contributed by atoms with Gasteiger partial charge in [-0.05, 0) is 23.8 Å². The normalized spacial score (nSPS) is 11.5. The molecule has 1 aromatic heterocycles. The lowest BCUT2D eigenvalue weighted by Gasteiger charge is -2.10. The zero-order valence-electron chi connectivity index (χ0n) is 8.69. The van der Waals surface area contributed by atoms with Crippen molar-refractivity contribution >= 4 is 0 Å². The van der Waals surface area contributed by atoms with Crippen molar-refractivity contribution in [2.75, 3.05) is 0 Å². The van der Waals surface area contributed by atoms with Gasteiger partial charge >= 0.3 is 6.36 Å². The topological polar surface area (TPSA) is 27.1 Å². The van der Waals surface area contributed by atoms with Crippen molar-refractivity contribution in [3.8, 4) is 5.75 Å². The molecule has 1 heterocycles.